The summed E-state index contributed by atoms with van der Waals surface area (Å²) in [6, 6.07) is 15.7. The first-order chi connectivity index (χ1) is 17.2. The molecule has 0 bridgehead atoms. The SMILES string of the molecule is CCCCNC(=O)[C@@H](CC)N(CCc1ccccc1)C(=O)CN(c1ccccc1OCC)S(C)(=O)=O. The average Bonchev–Trinajstić information content (AvgIpc) is 2.85. The van der Waals surface area contributed by atoms with Crippen molar-refractivity contribution in [3.05, 3.63) is 60.2 Å². The summed E-state index contributed by atoms with van der Waals surface area (Å²) >= 11 is 0. The van der Waals surface area contributed by atoms with Gasteiger partial charge in [0.05, 0.1) is 18.6 Å². The van der Waals surface area contributed by atoms with Crippen LogP contribution in [0.15, 0.2) is 54.6 Å². The van der Waals surface area contributed by atoms with Crippen molar-refractivity contribution in [2.75, 3.05) is 36.8 Å². The molecule has 0 fully saturated rings. The minimum Gasteiger partial charge on any atom is -0.492 e. The lowest BCUT2D eigenvalue weighted by Crippen LogP contribution is -2.53. The van der Waals surface area contributed by atoms with Crippen LogP contribution in [0.25, 0.3) is 0 Å². The Balaban J connectivity index is 2.37. The molecule has 8 nitrogen and oxygen atoms in total. The summed E-state index contributed by atoms with van der Waals surface area (Å²) < 4.78 is 32.3. The van der Waals surface area contributed by atoms with E-state index in [9.17, 15) is 18.0 Å². The minimum atomic E-state index is -3.82. The van der Waals surface area contributed by atoms with E-state index in [1.165, 1.54) is 4.90 Å². The highest BCUT2D eigenvalue weighted by molar-refractivity contribution is 7.92. The van der Waals surface area contributed by atoms with Gasteiger partial charge in [-0.25, -0.2) is 8.42 Å². The van der Waals surface area contributed by atoms with Gasteiger partial charge in [-0.2, -0.15) is 0 Å². The molecule has 198 valence electrons. The maximum atomic E-state index is 13.7. The molecule has 0 unspecified atom stereocenters. The lowest BCUT2D eigenvalue weighted by molar-refractivity contribution is -0.139. The summed E-state index contributed by atoms with van der Waals surface area (Å²) in [6.45, 7) is 6.43. The molecular formula is C27H39N3O5S. The van der Waals surface area contributed by atoms with Crippen LogP contribution in [0.2, 0.25) is 0 Å². The van der Waals surface area contributed by atoms with E-state index in [-0.39, 0.29) is 12.5 Å². The Kier molecular flexibility index (Phi) is 11.7. The van der Waals surface area contributed by atoms with Crippen molar-refractivity contribution in [2.24, 2.45) is 0 Å². The number of benzene rings is 2. The summed E-state index contributed by atoms with van der Waals surface area (Å²) in [4.78, 5) is 28.2. The number of ether oxygens (including phenoxy) is 1. The number of sulfonamides is 1. The Morgan fingerprint density at radius 1 is 1.00 bits per heavy atom. The highest BCUT2D eigenvalue weighted by Crippen LogP contribution is 2.30. The zero-order valence-corrected chi connectivity index (χ0v) is 22.6. The van der Waals surface area contributed by atoms with E-state index in [1.807, 2.05) is 44.2 Å². The van der Waals surface area contributed by atoms with E-state index in [0.29, 0.717) is 37.4 Å². The summed E-state index contributed by atoms with van der Waals surface area (Å²) in [5.74, 6) is -0.299. The molecule has 0 heterocycles. The van der Waals surface area contributed by atoms with Crippen LogP contribution in [-0.2, 0) is 26.0 Å². The number of nitrogens with zero attached hydrogens (tertiary/aromatic N) is 2. The van der Waals surface area contributed by atoms with Crippen LogP contribution >= 0.6 is 0 Å². The lowest BCUT2D eigenvalue weighted by Gasteiger charge is -2.33. The molecule has 0 aliphatic heterocycles. The van der Waals surface area contributed by atoms with Gasteiger partial charge in [0.15, 0.2) is 0 Å². The Morgan fingerprint density at radius 3 is 2.28 bits per heavy atom. The van der Waals surface area contributed by atoms with Crippen LogP contribution in [0, 0.1) is 0 Å². The van der Waals surface area contributed by atoms with E-state index in [2.05, 4.69) is 5.32 Å². The molecule has 36 heavy (non-hydrogen) atoms. The predicted octanol–water partition coefficient (Wildman–Crippen LogP) is 3.62. The first-order valence-corrected chi connectivity index (χ1v) is 14.4. The van der Waals surface area contributed by atoms with Crippen molar-refractivity contribution in [1.82, 2.24) is 10.2 Å². The molecule has 1 N–H and O–H groups in total. The molecule has 0 saturated heterocycles. The monoisotopic (exact) mass is 517 g/mol. The van der Waals surface area contributed by atoms with Gasteiger partial charge < -0.3 is 15.0 Å². The number of nitrogens with one attached hydrogen (secondary N) is 1. The standard InChI is InChI=1S/C27H39N3O5S/c1-5-8-19-28-27(32)23(6-2)29(20-18-22-14-10-9-11-15-22)26(31)21-30(36(4,33)34)24-16-12-13-17-25(24)35-7-3/h9-17,23H,5-8,18-21H2,1-4H3,(H,28,32)/t23-/m1/s1. The van der Waals surface area contributed by atoms with Gasteiger partial charge in [-0.05, 0) is 43.9 Å². The number of carbonyl (C=O) groups excluding carboxylic acids is 2. The molecule has 0 saturated carbocycles. The zero-order chi connectivity index (χ0) is 26.6. The van der Waals surface area contributed by atoms with Crippen LogP contribution in [0.3, 0.4) is 0 Å². The molecule has 0 aliphatic carbocycles. The van der Waals surface area contributed by atoms with Crippen LogP contribution in [0.5, 0.6) is 5.75 Å². The molecule has 2 amide bonds. The highest BCUT2D eigenvalue weighted by atomic mass is 32.2. The Morgan fingerprint density at radius 2 is 1.67 bits per heavy atom. The Labute approximate surface area is 215 Å². The summed E-state index contributed by atoms with van der Waals surface area (Å²) in [6.07, 6.45) is 3.80. The van der Waals surface area contributed by atoms with Gasteiger partial charge in [-0.3, -0.25) is 13.9 Å². The van der Waals surface area contributed by atoms with E-state index in [4.69, 9.17) is 4.74 Å². The first-order valence-electron chi connectivity index (χ1n) is 12.5. The molecule has 2 aromatic carbocycles. The molecule has 0 aromatic heterocycles. The third-order valence-electron chi connectivity index (χ3n) is 5.81. The third-order valence-corrected chi connectivity index (χ3v) is 6.94. The lowest BCUT2D eigenvalue weighted by atomic mass is 10.1. The van der Waals surface area contributed by atoms with Gasteiger partial charge in [-0.1, -0.05) is 62.7 Å². The number of hydrogen-bond acceptors (Lipinski definition) is 5. The van der Waals surface area contributed by atoms with E-state index >= 15 is 0 Å². The predicted molar refractivity (Wildman–Crippen MR) is 144 cm³/mol. The van der Waals surface area contributed by atoms with Gasteiger partial charge >= 0.3 is 0 Å². The highest BCUT2D eigenvalue weighted by Gasteiger charge is 2.32. The molecule has 0 radical (unpaired) electrons. The summed E-state index contributed by atoms with van der Waals surface area (Å²) in [5, 5.41) is 2.92. The maximum Gasteiger partial charge on any atom is 0.244 e. The minimum absolute atomic E-state index is 0.229. The average molecular weight is 518 g/mol. The quantitative estimate of drug-likeness (QED) is 0.364. The Bertz CT molecular complexity index is 1080. The van der Waals surface area contributed by atoms with Crippen molar-refractivity contribution in [1.29, 1.82) is 0 Å². The van der Waals surface area contributed by atoms with Crippen molar-refractivity contribution < 1.29 is 22.7 Å². The fourth-order valence-electron chi connectivity index (χ4n) is 3.94. The molecule has 2 rings (SSSR count). The fraction of sp³-hybridized carbons (Fsp3) is 0.481. The molecule has 1 atom stereocenters. The summed E-state index contributed by atoms with van der Waals surface area (Å²) in [7, 11) is -3.82. The van der Waals surface area contributed by atoms with Gasteiger partial charge in [0.1, 0.15) is 18.3 Å². The number of hydrogen-bond donors (Lipinski definition) is 1. The van der Waals surface area contributed by atoms with E-state index in [0.717, 1.165) is 29.0 Å². The maximum absolute atomic E-state index is 13.7. The van der Waals surface area contributed by atoms with Crippen molar-refractivity contribution in [2.45, 2.75) is 52.5 Å². The van der Waals surface area contributed by atoms with Gasteiger partial charge in [0.2, 0.25) is 21.8 Å². The van der Waals surface area contributed by atoms with E-state index in [1.54, 1.807) is 31.2 Å². The molecular weight excluding hydrogens is 478 g/mol. The number of para-hydroxylation sites is 2. The third kappa shape index (κ3) is 8.55. The van der Waals surface area contributed by atoms with Crippen LogP contribution in [-0.4, -0.2) is 63.7 Å². The second-order valence-electron chi connectivity index (χ2n) is 8.56. The van der Waals surface area contributed by atoms with Crippen LogP contribution in [0.4, 0.5) is 5.69 Å². The largest absolute Gasteiger partial charge is 0.492 e. The second kappa shape index (κ2) is 14.5. The topological polar surface area (TPSA) is 96.0 Å². The number of carbonyl (C=O) groups is 2. The smallest absolute Gasteiger partial charge is 0.244 e. The number of rotatable bonds is 15. The van der Waals surface area contributed by atoms with E-state index < -0.39 is 28.5 Å². The first kappa shape index (κ1) is 29.2. The number of amides is 2. The number of unbranched alkanes of at least 4 members (excludes halogenated alkanes) is 1. The van der Waals surface area contributed by atoms with Gasteiger partial charge in [0.25, 0.3) is 0 Å². The van der Waals surface area contributed by atoms with Crippen LogP contribution < -0.4 is 14.4 Å². The molecule has 2 aromatic rings. The van der Waals surface area contributed by atoms with Crippen molar-refractivity contribution in [3.63, 3.8) is 0 Å². The Hall–Kier alpha value is -3.07. The van der Waals surface area contributed by atoms with Gasteiger partial charge in [-0.15, -0.1) is 0 Å². The van der Waals surface area contributed by atoms with Crippen molar-refractivity contribution in [3.8, 4) is 5.75 Å². The zero-order valence-electron chi connectivity index (χ0n) is 21.8. The summed E-state index contributed by atoms with van der Waals surface area (Å²) in [5.41, 5.74) is 1.32. The van der Waals surface area contributed by atoms with Gasteiger partial charge in [0, 0.05) is 13.1 Å². The van der Waals surface area contributed by atoms with Crippen molar-refractivity contribution >= 4 is 27.5 Å². The normalized spacial score (nSPS) is 12.0. The number of anilines is 1. The fourth-order valence-corrected chi connectivity index (χ4v) is 4.79. The molecule has 9 heteroatoms. The molecule has 0 aliphatic rings. The second-order valence-corrected chi connectivity index (χ2v) is 10.5. The van der Waals surface area contributed by atoms with Crippen LogP contribution in [0.1, 0.15) is 45.6 Å². The molecule has 0 spiro atoms.